The van der Waals surface area contributed by atoms with Gasteiger partial charge in [-0.05, 0) is 53.1 Å². The van der Waals surface area contributed by atoms with Crippen molar-refractivity contribution in [3.63, 3.8) is 0 Å². The molecule has 2 aliphatic heterocycles. The summed E-state index contributed by atoms with van der Waals surface area (Å²) in [6.45, 7) is 5.01. The van der Waals surface area contributed by atoms with E-state index >= 15 is 0 Å². The van der Waals surface area contributed by atoms with E-state index < -0.39 is 35.9 Å². The zero-order valence-electron chi connectivity index (χ0n) is 18.5. The van der Waals surface area contributed by atoms with Crippen molar-refractivity contribution in [3.8, 4) is 0 Å². The number of hydrogen-bond donors (Lipinski definition) is 4. The predicted octanol–water partition coefficient (Wildman–Crippen LogP) is -0.288. The molecule has 0 aromatic heterocycles. The Kier molecular flexibility index (Phi) is 9.21. The largest absolute Gasteiger partial charge is 0.388 e. The quantitative estimate of drug-likeness (QED) is 0.414. The Labute approximate surface area is 179 Å². The van der Waals surface area contributed by atoms with Crippen molar-refractivity contribution in [1.82, 2.24) is 15.1 Å². The number of carbonyl (C=O) groups is 1. The molecule has 4 N–H and O–H groups in total. The fraction of sp³-hybridized carbons (Fsp3) is 0.950. The summed E-state index contributed by atoms with van der Waals surface area (Å²) in [5.74, 6) is 0.432. The third kappa shape index (κ3) is 5.64. The highest BCUT2D eigenvalue weighted by Crippen LogP contribution is 2.31. The van der Waals surface area contributed by atoms with E-state index in [0.717, 1.165) is 25.8 Å². The van der Waals surface area contributed by atoms with E-state index in [0.29, 0.717) is 5.92 Å². The summed E-state index contributed by atoms with van der Waals surface area (Å²) in [4.78, 5) is 17.2. The third-order valence-electron chi connectivity index (χ3n) is 6.47. The van der Waals surface area contributed by atoms with Crippen LogP contribution in [-0.2, 0) is 9.53 Å². The Bertz CT molecular complexity index is 538. The molecule has 29 heavy (non-hydrogen) atoms. The van der Waals surface area contributed by atoms with Gasteiger partial charge in [0.25, 0.3) is 0 Å². The molecule has 2 fully saturated rings. The average Bonchev–Trinajstić information content (AvgIpc) is 3.05. The van der Waals surface area contributed by atoms with Crippen LogP contribution in [0.2, 0.25) is 0 Å². The zero-order chi connectivity index (χ0) is 21.9. The molecule has 2 heterocycles. The van der Waals surface area contributed by atoms with Crippen molar-refractivity contribution in [2.45, 2.75) is 81.1 Å². The lowest BCUT2D eigenvalue weighted by molar-refractivity contribution is -0.208. The predicted molar refractivity (Wildman–Crippen MR) is 115 cm³/mol. The van der Waals surface area contributed by atoms with E-state index in [9.17, 15) is 20.1 Å². The molecule has 0 aromatic carbocycles. The first-order valence-corrected chi connectivity index (χ1v) is 11.8. The number of ether oxygens (including phenoxy) is 1. The molecular formula is C20H39N3O5S. The van der Waals surface area contributed by atoms with Crippen molar-refractivity contribution < 1.29 is 24.9 Å². The molecule has 2 aliphatic rings. The molecule has 170 valence electrons. The molecular weight excluding hydrogens is 394 g/mol. The van der Waals surface area contributed by atoms with Gasteiger partial charge in [0.2, 0.25) is 5.91 Å². The van der Waals surface area contributed by atoms with E-state index in [4.69, 9.17) is 4.74 Å². The fourth-order valence-corrected chi connectivity index (χ4v) is 5.13. The first kappa shape index (κ1) is 24.8. The number of likely N-dealkylation sites (N-methyl/N-ethyl adjacent to an activating group) is 2. The second-order valence-corrected chi connectivity index (χ2v) is 9.70. The van der Waals surface area contributed by atoms with Gasteiger partial charge in [0, 0.05) is 12.6 Å². The SMILES string of the molecule is CCC[C@@H]1C[C@@H](C(=O)N[C@@H]([C@H]2OC(SC)[C@H](O)C(O)C2O)[C@H](C)N(C)C)N(C)C1. The molecule has 9 heteroatoms. The minimum atomic E-state index is -1.33. The maximum atomic E-state index is 13.2. The van der Waals surface area contributed by atoms with Crippen molar-refractivity contribution in [2.75, 3.05) is 33.9 Å². The van der Waals surface area contributed by atoms with Gasteiger partial charge in [0.15, 0.2) is 0 Å². The van der Waals surface area contributed by atoms with Crippen LogP contribution >= 0.6 is 11.8 Å². The van der Waals surface area contributed by atoms with Crippen LogP contribution in [-0.4, -0.2) is 113 Å². The van der Waals surface area contributed by atoms with Gasteiger partial charge in [-0.1, -0.05) is 13.3 Å². The van der Waals surface area contributed by atoms with E-state index in [1.54, 1.807) is 6.26 Å². The molecule has 2 saturated heterocycles. The molecule has 0 aromatic rings. The summed E-state index contributed by atoms with van der Waals surface area (Å²) < 4.78 is 5.96. The number of hydrogen-bond acceptors (Lipinski definition) is 8. The molecule has 0 bridgehead atoms. The van der Waals surface area contributed by atoms with E-state index in [1.807, 2.05) is 33.0 Å². The lowest BCUT2D eigenvalue weighted by Crippen LogP contribution is -2.67. The average molecular weight is 434 g/mol. The summed E-state index contributed by atoms with van der Waals surface area (Å²) in [5, 5.41) is 34.2. The Morgan fingerprint density at radius 3 is 2.48 bits per heavy atom. The number of aliphatic hydroxyl groups is 3. The van der Waals surface area contributed by atoms with Crippen LogP contribution in [0.1, 0.15) is 33.1 Å². The first-order valence-electron chi connectivity index (χ1n) is 10.5. The van der Waals surface area contributed by atoms with Crippen LogP contribution in [0.4, 0.5) is 0 Å². The molecule has 0 radical (unpaired) electrons. The highest BCUT2D eigenvalue weighted by atomic mass is 32.2. The number of amides is 1. The van der Waals surface area contributed by atoms with Gasteiger partial charge in [0.1, 0.15) is 29.9 Å². The Hall–Kier alpha value is -0.420. The molecule has 8 nitrogen and oxygen atoms in total. The summed E-state index contributed by atoms with van der Waals surface area (Å²) in [5.41, 5.74) is -0.671. The standard InChI is InChI=1S/C20H39N3O5S/c1-7-8-12-9-13(23(5)10-12)19(27)21-14(11(2)22(3)4)18-16(25)15(24)17(26)20(28-18)29-6/h11-18,20,24-26H,7-10H2,1-6H3,(H,21,27)/t11-,12+,13-,14+,15?,16?,17+,18+,20?/m0/s1. The minimum absolute atomic E-state index is 0.0816. The summed E-state index contributed by atoms with van der Waals surface area (Å²) in [6.07, 6.45) is 0.171. The van der Waals surface area contributed by atoms with Crippen molar-refractivity contribution in [3.05, 3.63) is 0 Å². The highest BCUT2D eigenvalue weighted by Gasteiger charge is 2.49. The lowest BCUT2D eigenvalue weighted by Gasteiger charge is -2.45. The van der Waals surface area contributed by atoms with Gasteiger partial charge in [0.05, 0.1) is 12.1 Å². The molecule has 0 spiro atoms. The van der Waals surface area contributed by atoms with E-state index in [1.165, 1.54) is 11.8 Å². The highest BCUT2D eigenvalue weighted by molar-refractivity contribution is 7.99. The zero-order valence-corrected chi connectivity index (χ0v) is 19.3. The summed E-state index contributed by atoms with van der Waals surface area (Å²) in [7, 11) is 5.77. The number of nitrogens with zero attached hydrogens (tertiary/aromatic N) is 2. The topological polar surface area (TPSA) is 106 Å². The summed E-state index contributed by atoms with van der Waals surface area (Å²) >= 11 is 1.27. The normalized spacial score (nSPS) is 38.2. The van der Waals surface area contributed by atoms with Gasteiger partial charge < -0.3 is 30.3 Å². The van der Waals surface area contributed by atoms with Crippen molar-refractivity contribution in [1.29, 1.82) is 0 Å². The van der Waals surface area contributed by atoms with Crippen LogP contribution in [0.5, 0.6) is 0 Å². The van der Waals surface area contributed by atoms with Crippen LogP contribution in [0, 0.1) is 5.92 Å². The van der Waals surface area contributed by atoms with E-state index in [-0.39, 0.29) is 18.0 Å². The maximum Gasteiger partial charge on any atom is 0.237 e. The number of aliphatic hydroxyl groups excluding tert-OH is 3. The number of likely N-dealkylation sites (tertiary alicyclic amines) is 1. The second-order valence-electron chi connectivity index (χ2n) is 8.76. The number of nitrogens with one attached hydrogen (secondary N) is 1. The van der Waals surface area contributed by atoms with E-state index in [2.05, 4.69) is 17.1 Å². The molecule has 9 atom stereocenters. The van der Waals surface area contributed by atoms with Gasteiger partial charge in [-0.3, -0.25) is 9.69 Å². The Balaban J connectivity index is 2.19. The Morgan fingerprint density at radius 1 is 1.28 bits per heavy atom. The van der Waals surface area contributed by atoms with Gasteiger partial charge in [-0.15, -0.1) is 11.8 Å². The van der Waals surface area contributed by atoms with Crippen LogP contribution < -0.4 is 5.32 Å². The number of rotatable bonds is 8. The van der Waals surface area contributed by atoms with Crippen molar-refractivity contribution >= 4 is 17.7 Å². The second kappa shape index (κ2) is 10.7. The van der Waals surface area contributed by atoms with Crippen LogP contribution in [0.15, 0.2) is 0 Å². The molecule has 3 unspecified atom stereocenters. The smallest absolute Gasteiger partial charge is 0.237 e. The van der Waals surface area contributed by atoms with Gasteiger partial charge >= 0.3 is 0 Å². The van der Waals surface area contributed by atoms with Gasteiger partial charge in [-0.2, -0.15) is 0 Å². The van der Waals surface area contributed by atoms with Crippen molar-refractivity contribution in [2.24, 2.45) is 5.92 Å². The molecule has 0 saturated carbocycles. The number of thioether (sulfide) groups is 1. The monoisotopic (exact) mass is 433 g/mol. The minimum Gasteiger partial charge on any atom is -0.388 e. The molecule has 0 aliphatic carbocycles. The fourth-order valence-electron chi connectivity index (χ4n) is 4.45. The van der Waals surface area contributed by atoms with Crippen LogP contribution in [0.3, 0.4) is 0 Å². The molecule has 2 rings (SSSR count). The Morgan fingerprint density at radius 2 is 1.93 bits per heavy atom. The number of carbonyl (C=O) groups excluding carboxylic acids is 1. The first-order chi connectivity index (χ1) is 13.6. The molecule has 1 amide bonds. The summed E-state index contributed by atoms with van der Waals surface area (Å²) in [6, 6.07) is -0.902. The third-order valence-corrected chi connectivity index (χ3v) is 7.32. The van der Waals surface area contributed by atoms with Crippen LogP contribution in [0.25, 0.3) is 0 Å². The van der Waals surface area contributed by atoms with Gasteiger partial charge in [-0.25, -0.2) is 0 Å². The maximum absolute atomic E-state index is 13.2. The lowest BCUT2D eigenvalue weighted by atomic mass is 9.90.